The number of nitro benzene ring substituents is 1. The summed E-state index contributed by atoms with van der Waals surface area (Å²) in [5, 5.41) is 10.8. The number of aromatic nitrogens is 1. The maximum Gasteiger partial charge on any atom is 0.269 e. The molecule has 2 rings (SSSR count). The van der Waals surface area contributed by atoms with Crippen molar-refractivity contribution in [2.45, 2.75) is 13.8 Å². The summed E-state index contributed by atoms with van der Waals surface area (Å²) in [5.74, 6) is 1.02. The van der Waals surface area contributed by atoms with E-state index in [0.717, 1.165) is 0 Å². The minimum atomic E-state index is -0.465. The van der Waals surface area contributed by atoms with Crippen LogP contribution in [-0.4, -0.2) is 9.91 Å². The van der Waals surface area contributed by atoms with Crippen molar-refractivity contribution < 1.29 is 9.66 Å². The molecule has 19 heavy (non-hydrogen) atoms. The van der Waals surface area contributed by atoms with E-state index in [0.29, 0.717) is 16.7 Å². The molecule has 0 aliphatic rings. The van der Waals surface area contributed by atoms with E-state index >= 15 is 0 Å². The van der Waals surface area contributed by atoms with Gasteiger partial charge in [0.15, 0.2) is 0 Å². The summed E-state index contributed by atoms with van der Waals surface area (Å²) < 4.78 is 5.42. The van der Waals surface area contributed by atoms with E-state index in [4.69, 9.17) is 16.3 Å². The molecule has 6 heteroatoms. The fourth-order valence-corrected chi connectivity index (χ4v) is 1.31. The van der Waals surface area contributed by atoms with Crippen LogP contribution in [0.4, 0.5) is 5.69 Å². The Labute approximate surface area is 116 Å². The first-order valence-corrected chi connectivity index (χ1v) is 6.07. The molecule has 5 nitrogen and oxygen atoms in total. The lowest BCUT2D eigenvalue weighted by atomic mass is 10.3. The fraction of sp³-hybridized carbons (Fsp3) is 0.154. The van der Waals surface area contributed by atoms with Gasteiger partial charge >= 0.3 is 0 Å². The molecule has 0 spiro atoms. The van der Waals surface area contributed by atoms with Crippen molar-refractivity contribution in [2.24, 2.45) is 0 Å². The predicted octanol–water partition coefficient (Wildman–Crippen LogP) is 4.46. The van der Waals surface area contributed by atoms with E-state index in [1.807, 2.05) is 13.8 Å². The molecule has 0 bridgehead atoms. The summed E-state index contributed by atoms with van der Waals surface area (Å²) in [5.41, 5.74) is 0.0200. The van der Waals surface area contributed by atoms with Crippen LogP contribution in [0.15, 0.2) is 42.6 Å². The van der Waals surface area contributed by atoms with Crippen molar-refractivity contribution in [1.29, 1.82) is 0 Å². The van der Waals surface area contributed by atoms with Gasteiger partial charge in [0.05, 0.1) is 11.1 Å². The minimum Gasteiger partial charge on any atom is -0.456 e. The van der Waals surface area contributed by atoms with Gasteiger partial charge in [-0.1, -0.05) is 25.4 Å². The van der Waals surface area contributed by atoms with Gasteiger partial charge in [-0.25, -0.2) is 4.98 Å². The predicted molar refractivity (Wildman–Crippen MR) is 73.8 cm³/mol. The number of non-ortho nitro benzene ring substituents is 1. The molecule has 0 saturated heterocycles. The third-order valence-electron chi connectivity index (χ3n) is 1.98. The van der Waals surface area contributed by atoms with E-state index in [9.17, 15) is 10.1 Å². The summed E-state index contributed by atoms with van der Waals surface area (Å²) in [6.45, 7) is 4.00. The summed E-state index contributed by atoms with van der Waals surface area (Å²) in [6.07, 6.45) is 1.48. The summed E-state index contributed by atoms with van der Waals surface area (Å²) in [4.78, 5) is 13.8. The van der Waals surface area contributed by atoms with E-state index in [1.54, 1.807) is 12.1 Å². The number of ether oxygens (including phenoxy) is 1. The molecule has 1 aromatic heterocycles. The van der Waals surface area contributed by atoms with Gasteiger partial charge in [0, 0.05) is 12.1 Å². The maximum absolute atomic E-state index is 10.4. The van der Waals surface area contributed by atoms with Crippen LogP contribution in [0.25, 0.3) is 0 Å². The first-order chi connectivity index (χ1) is 9.15. The third kappa shape index (κ3) is 4.56. The molecule has 1 heterocycles. The van der Waals surface area contributed by atoms with Gasteiger partial charge in [0.25, 0.3) is 5.69 Å². The zero-order valence-electron chi connectivity index (χ0n) is 10.5. The number of nitro groups is 1. The lowest BCUT2D eigenvalue weighted by Crippen LogP contribution is -1.88. The van der Waals surface area contributed by atoms with Crippen LogP contribution in [0.2, 0.25) is 5.15 Å². The molecule has 0 aliphatic heterocycles. The molecule has 0 radical (unpaired) electrons. The van der Waals surface area contributed by atoms with E-state index < -0.39 is 4.92 Å². The highest BCUT2D eigenvalue weighted by molar-refractivity contribution is 6.29. The van der Waals surface area contributed by atoms with Crippen molar-refractivity contribution in [3.05, 3.63) is 57.9 Å². The quantitative estimate of drug-likeness (QED) is 0.473. The highest BCUT2D eigenvalue weighted by Gasteiger charge is 2.05. The number of halogens is 1. The second-order valence-corrected chi connectivity index (χ2v) is 3.56. The monoisotopic (exact) mass is 280 g/mol. The van der Waals surface area contributed by atoms with Gasteiger partial charge in [0.2, 0.25) is 0 Å². The smallest absolute Gasteiger partial charge is 0.269 e. The Morgan fingerprint density at radius 1 is 1.11 bits per heavy atom. The normalized spacial score (nSPS) is 9.21. The average molecular weight is 281 g/mol. The van der Waals surface area contributed by atoms with Crippen LogP contribution in [0.5, 0.6) is 11.5 Å². The largest absolute Gasteiger partial charge is 0.456 e. The van der Waals surface area contributed by atoms with Crippen LogP contribution >= 0.6 is 11.6 Å². The Bertz CT molecular complexity index is 527. The van der Waals surface area contributed by atoms with E-state index in [1.165, 1.54) is 30.5 Å². The first-order valence-electron chi connectivity index (χ1n) is 5.69. The zero-order valence-corrected chi connectivity index (χ0v) is 11.3. The van der Waals surface area contributed by atoms with Crippen molar-refractivity contribution in [3.63, 3.8) is 0 Å². The van der Waals surface area contributed by atoms with Crippen LogP contribution in [0.1, 0.15) is 13.8 Å². The van der Waals surface area contributed by atoms with E-state index in [-0.39, 0.29) is 5.69 Å². The van der Waals surface area contributed by atoms with Crippen molar-refractivity contribution >= 4 is 17.3 Å². The highest BCUT2D eigenvalue weighted by Crippen LogP contribution is 2.23. The molecule has 0 fully saturated rings. The zero-order chi connectivity index (χ0) is 14.3. The van der Waals surface area contributed by atoms with Crippen LogP contribution in [0, 0.1) is 10.1 Å². The molecule has 100 valence electrons. The number of hydrogen-bond donors (Lipinski definition) is 0. The molecule has 0 saturated carbocycles. The third-order valence-corrected chi connectivity index (χ3v) is 2.21. The second-order valence-electron chi connectivity index (χ2n) is 3.17. The molecule has 1 aromatic carbocycles. The maximum atomic E-state index is 10.4. The summed E-state index contributed by atoms with van der Waals surface area (Å²) in [6, 6.07) is 9.05. The molecular weight excluding hydrogens is 268 g/mol. The highest BCUT2D eigenvalue weighted by atomic mass is 35.5. The first kappa shape index (κ1) is 14.9. The Morgan fingerprint density at radius 2 is 1.68 bits per heavy atom. The summed E-state index contributed by atoms with van der Waals surface area (Å²) in [7, 11) is 0. The second kappa shape index (κ2) is 7.33. The Kier molecular flexibility index (Phi) is 5.75. The van der Waals surface area contributed by atoms with E-state index in [2.05, 4.69) is 4.98 Å². The van der Waals surface area contributed by atoms with Crippen LogP contribution in [0.3, 0.4) is 0 Å². The number of benzene rings is 1. The number of pyridine rings is 1. The standard InChI is InChI=1S/C11H7ClN2O3.C2H6/c12-11-6-5-10(7-13-11)17-9-3-1-8(2-4-9)14(15)16;1-2/h1-7H;1-2H3. The van der Waals surface area contributed by atoms with Crippen molar-refractivity contribution in [1.82, 2.24) is 4.98 Å². The van der Waals surface area contributed by atoms with Gasteiger partial charge in [0.1, 0.15) is 16.7 Å². The van der Waals surface area contributed by atoms with Gasteiger partial charge in [-0.15, -0.1) is 0 Å². The lowest BCUT2D eigenvalue weighted by Gasteiger charge is -2.04. The topological polar surface area (TPSA) is 65.3 Å². The van der Waals surface area contributed by atoms with Gasteiger partial charge in [-0.2, -0.15) is 0 Å². The average Bonchev–Trinajstić information content (AvgIpc) is 2.44. The Morgan fingerprint density at radius 3 is 2.16 bits per heavy atom. The lowest BCUT2D eigenvalue weighted by molar-refractivity contribution is -0.384. The summed E-state index contributed by atoms with van der Waals surface area (Å²) >= 11 is 5.63. The fourth-order valence-electron chi connectivity index (χ4n) is 1.19. The van der Waals surface area contributed by atoms with Gasteiger partial charge in [-0.3, -0.25) is 10.1 Å². The number of hydrogen-bond acceptors (Lipinski definition) is 4. The van der Waals surface area contributed by atoms with Gasteiger partial charge < -0.3 is 4.74 Å². The molecule has 2 aromatic rings. The van der Waals surface area contributed by atoms with Crippen molar-refractivity contribution in [2.75, 3.05) is 0 Å². The number of nitrogens with zero attached hydrogens (tertiary/aromatic N) is 2. The Hall–Kier alpha value is -2.14. The Balaban J connectivity index is 0.000000861. The van der Waals surface area contributed by atoms with Crippen molar-refractivity contribution in [3.8, 4) is 11.5 Å². The van der Waals surface area contributed by atoms with Gasteiger partial charge in [-0.05, 0) is 24.3 Å². The molecule has 0 unspecified atom stereocenters. The molecule has 0 atom stereocenters. The minimum absolute atomic E-state index is 0.0200. The molecule has 0 aliphatic carbocycles. The number of rotatable bonds is 3. The molecular formula is C13H13ClN2O3. The SMILES string of the molecule is CC.O=[N+]([O-])c1ccc(Oc2ccc(Cl)nc2)cc1. The van der Waals surface area contributed by atoms with Crippen LogP contribution < -0.4 is 4.74 Å². The molecule has 0 amide bonds. The van der Waals surface area contributed by atoms with Crippen LogP contribution in [-0.2, 0) is 0 Å². The molecule has 0 N–H and O–H groups in total.